The molecule has 0 radical (unpaired) electrons. The minimum absolute atomic E-state index is 0.0278. The van der Waals surface area contributed by atoms with Crippen LogP contribution in [0, 0.1) is 25.6 Å². The van der Waals surface area contributed by atoms with Crippen LogP contribution in [0.5, 0.6) is 0 Å². The largest absolute Gasteiger partial charge is 0.449 e. The van der Waals surface area contributed by atoms with Crippen LogP contribution in [-0.2, 0) is 46.2 Å². The van der Waals surface area contributed by atoms with Crippen molar-refractivity contribution in [3.8, 4) is 5.69 Å². The first-order chi connectivity index (χ1) is 35.1. The number of nitrogens with zero attached hydrogens (tertiary/aromatic N) is 5. The summed E-state index contributed by atoms with van der Waals surface area (Å²) in [6.45, 7) is 10.3. The van der Waals surface area contributed by atoms with Gasteiger partial charge in [-0.05, 0) is 94.2 Å². The molecule has 4 N–H and O–H groups in total. The fraction of sp³-hybridized carbons (Fsp3) is 0.604. The van der Waals surface area contributed by atoms with Crippen LogP contribution in [0.2, 0.25) is 0 Å². The highest BCUT2D eigenvalue weighted by atomic mass is 19.1. The Balaban J connectivity index is 0.735. The third-order valence-corrected chi connectivity index (χ3v) is 12.5. The van der Waals surface area contributed by atoms with Gasteiger partial charge in [0.05, 0.1) is 109 Å². The number of benzene rings is 2. The maximum Gasteiger partial charge on any atom is 0.407 e. The molecule has 0 saturated carbocycles. The van der Waals surface area contributed by atoms with Gasteiger partial charge in [0, 0.05) is 49.3 Å². The number of hydrogen-bond donors (Lipinski definition) is 4. The second kappa shape index (κ2) is 33.4. The van der Waals surface area contributed by atoms with Gasteiger partial charge < -0.3 is 58.7 Å². The third-order valence-electron chi connectivity index (χ3n) is 12.5. The number of halogens is 1. The van der Waals surface area contributed by atoms with E-state index in [1.807, 2.05) is 65.9 Å². The van der Waals surface area contributed by atoms with Gasteiger partial charge in [-0.2, -0.15) is 0 Å². The molecule has 72 heavy (non-hydrogen) atoms. The second-order valence-corrected chi connectivity index (χ2v) is 18.1. The molecule has 0 bridgehead atoms. The number of amides is 3. The zero-order chi connectivity index (χ0) is 51.2. The lowest BCUT2D eigenvalue weighted by molar-refractivity contribution is -0.122. The van der Waals surface area contributed by atoms with Gasteiger partial charge in [0.1, 0.15) is 5.82 Å². The summed E-state index contributed by atoms with van der Waals surface area (Å²) in [6, 6.07) is 16.9. The number of nitrogens with one attached hydrogen (secondary N) is 2. The van der Waals surface area contributed by atoms with Crippen LogP contribution in [0.25, 0.3) is 5.69 Å². The quantitative estimate of drug-likeness (QED) is 0.0383. The number of carbonyl (C=O) groups is 3. The number of rotatable bonds is 36. The number of aliphatic hydroxyl groups excluding tert-OH is 2. The van der Waals surface area contributed by atoms with E-state index in [1.165, 1.54) is 12.1 Å². The summed E-state index contributed by atoms with van der Waals surface area (Å²) in [5, 5.41) is 34.1. The molecule has 1 fully saturated rings. The Bertz CT molecular complexity index is 2130. The van der Waals surface area contributed by atoms with E-state index in [2.05, 4.69) is 20.9 Å². The van der Waals surface area contributed by atoms with E-state index in [0.29, 0.717) is 104 Å². The highest BCUT2D eigenvalue weighted by molar-refractivity contribution is 5.96. The first-order valence-electron chi connectivity index (χ1n) is 25.7. The predicted octanol–water partition coefficient (Wildman–Crippen LogP) is 6.06. The Morgan fingerprint density at radius 1 is 0.792 bits per heavy atom. The van der Waals surface area contributed by atoms with Gasteiger partial charge in [-0.25, -0.2) is 13.9 Å². The summed E-state index contributed by atoms with van der Waals surface area (Å²) in [7, 11) is 0. The smallest absolute Gasteiger partial charge is 0.407 e. The molecule has 3 heterocycles. The maximum absolute atomic E-state index is 13.5. The molecule has 0 unspecified atom stereocenters. The van der Waals surface area contributed by atoms with Crippen LogP contribution in [-0.4, -0.2) is 158 Å². The molecule has 19 heteroatoms. The Hall–Kier alpha value is -5.28. The number of aromatic nitrogens is 4. The van der Waals surface area contributed by atoms with E-state index in [0.717, 1.165) is 86.1 Å². The van der Waals surface area contributed by atoms with E-state index in [-0.39, 0.29) is 43.2 Å². The van der Waals surface area contributed by atoms with Crippen molar-refractivity contribution in [2.75, 3.05) is 98.9 Å². The Labute approximate surface area is 423 Å². The molecule has 18 nitrogen and oxygen atoms in total. The number of unbranched alkanes of at least 4 members (excludes halogenated alkanes) is 5. The fourth-order valence-electron chi connectivity index (χ4n) is 8.47. The zero-order valence-electron chi connectivity index (χ0n) is 42.4. The molecule has 5 rings (SSSR count). The van der Waals surface area contributed by atoms with Gasteiger partial charge in [-0.1, -0.05) is 61.2 Å². The summed E-state index contributed by atoms with van der Waals surface area (Å²) in [5.41, 5.74) is 4.90. The third kappa shape index (κ3) is 21.4. The number of piperidine rings is 1. The van der Waals surface area contributed by atoms with Crippen LogP contribution in [0.1, 0.15) is 103 Å². The summed E-state index contributed by atoms with van der Waals surface area (Å²) in [4.78, 5) is 39.8. The molecule has 2 aromatic carbocycles. The normalized spacial score (nSPS) is 13.8. The zero-order valence-corrected chi connectivity index (χ0v) is 42.4. The predicted molar refractivity (Wildman–Crippen MR) is 268 cm³/mol. The topological polar surface area (TPSA) is 210 Å². The van der Waals surface area contributed by atoms with Crippen LogP contribution in [0.15, 0.2) is 66.9 Å². The number of alkyl carbamates (subject to hydrolysis) is 1. The van der Waals surface area contributed by atoms with Crippen molar-refractivity contribution in [3.63, 3.8) is 0 Å². The van der Waals surface area contributed by atoms with Crippen molar-refractivity contribution in [1.82, 2.24) is 35.1 Å². The Morgan fingerprint density at radius 3 is 2.06 bits per heavy atom. The molecule has 1 aliphatic heterocycles. The highest BCUT2D eigenvalue weighted by Crippen LogP contribution is 2.25. The fourth-order valence-corrected chi connectivity index (χ4v) is 8.47. The molecule has 2 atom stereocenters. The summed E-state index contributed by atoms with van der Waals surface area (Å²) < 4.78 is 50.5. The van der Waals surface area contributed by atoms with E-state index >= 15 is 0 Å². The van der Waals surface area contributed by atoms with Gasteiger partial charge >= 0.3 is 6.09 Å². The first-order valence-corrected chi connectivity index (χ1v) is 25.7. The van der Waals surface area contributed by atoms with Gasteiger partial charge in [0.25, 0.3) is 5.91 Å². The number of aliphatic hydroxyl groups is 2. The summed E-state index contributed by atoms with van der Waals surface area (Å²) >= 11 is 0. The van der Waals surface area contributed by atoms with Crippen LogP contribution in [0.4, 0.5) is 9.18 Å². The van der Waals surface area contributed by atoms with Crippen LogP contribution < -0.4 is 10.6 Å². The molecule has 4 aromatic rings. The standard InChI is InChI=1S/C53H78FN7O11/c1-41-36-49(42(2)61(41)48-18-16-45(54)17-19-48)52(65)59-23-20-43(21-24-59)40-72-53(66)55-22-26-67-28-30-69-32-34-71-35-33-70-31-29-68-27-25-60-38-46(57-58-60)14-10-5-3-4-6-11-15-51(64)56-47(39-62)37-50(63)44-12-8-7-9-13-44/h7-9,12-13,16-19,36,38,43,47,50,62-63H,3-6,10-11,14-15,20-35,37,39-40H2,1-2H3,(H,55,66)(H,56,64)/t47-,50+/m1/s1. The SMILES string of the molecule is Cc1cc(C(=O)N2CCC(COC(=O)NCCOCCOCCOCCOCCOCCn3cc(CCCCCCCCC(=O)N[C@@H](CO)C[C@H](O)c4ccccc4)nn3)CC2)c(C)n1-c1ccc(F)cc1. The molecule has 3 amide bonds. The molecule has 1 saturated heterocycles. The lowest BCUT2D eigenvalue weighted by atomic mass is 9.97. The van der Waals surface area contributed by atoms with Crippen LogP contribution >= 0.6 is 0 Å². The summed E-state index contributed by atoms with van der Waals surface area (Å²) in [6.07, 6.45) is 9.79. The van der Waals surface area contributed by atoms with Crippen molar-refractivity contribution in [3.05, 3.63) is 101 Å². The Kier molecular flexibility index (Phi) is 26.8. The lowest BCUT2D eigenvalue weighted by Gasteiger charge is -2.31. The van der Waals surface area contributed by atoms with Gasteiger partial charge in [-0.3, -0.25) is 9.59 Å². The summed E-state index contributed by atoms with van der Waals surface area (Å²) in [5.74, 6) is -0.256. The van der Waals surface area contributed by atoms with Crippen molar-refractivity contribution >= 4 is 17.9 Å². The molecule has 0 spiro atoms. The number of aryl methyl sites for hydroxylation is 2. The average molecular weight is 1010 g/mol. The Morgan fingerprint density at radius 2 is 1.40 bits per heavy atom. The van der Waals surface area contributed by atoms with Crippen LogP contribution in [0.3, 0.4) is 0 Å². The molecular weight excluding hydrogens is 930 g/mol. The lowest BCUT2D eigenvalue weighted by Crippen LogP contribution is -2.40. The molecule has 1 aliphatic rings. The maximum atomic E-state index is 13.5. The number of carbonyl (C=O) groups excluding carboxylic acids is 3. The van der Waals surface area contributed by atoms with Gasteiger partial charge in [0.2, 0.25) is 5.91 Å². The molecule has 2 aromatic heterocycles. The minimum atomic E-state index is -0.736. The van der Waals surface area contributed by atoms with Crippen molar-refractivity contribution in [1.29, 1.82) is 0 Å². The minimum Gasteiger partial charge on any atom is -0.449 e. The molecule has 0 aliphatic carbocycles. The van der Waals surface area contributed by atoms with E-state index in [1.54, 1.807) is 16.8 Å². The van der Waals surface area contributed by atoms with Crippen molar-refractivity contribution in [2.45, 2.75) is 103 Å². The monoisotopic (exact) mass is 1010 g/mol. The number of hydrogen-bond acceptors (Lipinski definition) is 13. The van der Waals surface area contributed by atoms with E-state index < -0.39 is 18.2 Å². The van der Waals surface area contributed by atoms with Crippen molar-refractivity contribution < 1.29 is 57.4 Å². The van der Waals surface area contributed by atoms with Gasteiger partial charge in [0.15, 0.2) is 0 Å². The van der Waals surface area contributed by atoms with E-state index in [9.17, 15) is 29.0 Å². The molecule has 398 valence electrons. The second-order valence-electron chi connectivity index (χ2n) is 18.1. The number of ether oxygens (including phenoxy) is 6. The highest BCUT2D eigenvalue weighted by Gasteiger charge is 2.27. The van der Waals surface area contributed by atoms with E-state index in [4.69, 9.17) is 28.4 Å². The average Bonchev–Trinajstić information content (AvgIpc) is 3.97. The first kappa shape index (κ1) is 57.6. The van der Waals surface area contributed by atoms with Gasteiger partial charge in [-0.15, -0.1) is 5.10 Å². The number of likely N-dealkylation sites (tertiary alicyclic amines) is 1. The molecular formula is C53H78FN7O11. The van der Waals surface area contributed by atoms with Crippen molar-refractivity contribution in [2.24, 2.45) is 5.92 Å².